The Labute approximate surface area is 311 Å². The van der Waals surface area contributed by atoms with Gasteiger partial charge in [-0.1, -0.05) is 13.8 Å². The van der Waals surface area contributed by atoms with Crippen molar-refractivity contribution in [2.75, 3.05) is 48.4 Å². The molecule has 4 heterocycles. The van der Waals surface area contributed by atoms with Gasteiger partial charge in [-0.15, -0.1) is 0 Å². The minimum Gasteiger partial charge on any atom is -0.448 e. The fourth-order valence-corrected chi connectivity index (χ4v) is 6.79. The van der Waals surface area contributed by atoms with Gasteiger partial charge in [-0.2, -0.15) is 0 Å². The van der Waals surface area contributed by atoms with Gasteiger partial charge in [-0.25, -0.2) is 4.79 Å². The van der Waals surface area contributed by atoms with Crippen molar-refractivity contribution in [3.63, 3.8) is 0 Å². The summed E-state index contributed by atoms with van der Waals surface area (Å²) in [5.41, 5.74) is 5.23. The summed E-state index contributed by atoms with van der Waals surface area (Å²) < 4.78 is 58.6. The van der Waals surface area contributed by atoms with Gasteiger partial charge in [0, 0.05) is 40.3 Å². The van der Waals surface area contributed by atoms with Crippen LogP contribution in [0.15, 0.2) is 0 Å². The Hall–Kier alpha value is -1.62. The molecule has 4 rings (SSSR count). The highest BCUT2D eigenvalue weighted by atomic mass is 16.8. The molecule has 0 aromatic rings. The predicted octanol–water partition coefficient (Wildman–Crippen LogP) is -5.56. The Balaban J connectivity index is 0.000000291. The van der Waals surface area contributed by atoms with Crippen LogP contribution < -0.4 is 5.73 Å². The second-order valence-corrected chi connectivity index (χ2v) is 13.3. The molecule has 4 fully saturated rings. The van der Waals surface area contributed by atoms with E-state index in [0.29, 0.717) is 0 Å². The third-order valence-corrected chi connectivity index (χ3v) is 9.85. The third kappa shape index (κ3) is 10.3. The first-order valence-electron chi connectivity index (χ1n) is 17.3. The maximum absolute atomic E-state index is 12.2. The standard InChI is InChI=1S/C16H29NO11.C16H28O10/c1-6-11(23-2)8(19)7(4-18)26-15(6)27-12-9(20)10(21)16(24-3)28-13(12)14(22)25-5-17;1-6-12(22-3)9(19)8(5-17)24-15(6)26-14-10(20)11(21)16(23-4)25-13(14)7(2)18/h6-13,15-16,18-21H,4-5,17H2,1-3H3;6,8-17,19-21H,5H2,1-4H3/t6?,7?,8?,9?,10?,11-,12+,13?,15+,16?;6?,8?,9?,10?,11?,12-,13?,14+,15+,16?/m11/s1. The van der Waals surface area contributed by atoms with Gasteiger partial charge in [0.25, 0.3) is 0 Å². The molecule has 0 aromatic heterocycles. The lowest BCUT2D eigenvalue weighted by atomic mass is 9.91. The SMILES string of the molecule is COC1OC(C(=O)OCN)[C@@H](O[C@@H]2OC(CO)C(O)[C@H](OC)C2C)C(O)C1O.COC1OC(C(C)=O)[C@@H](O[C@@H]2OC(CO)C(O)[C@H](OC)C2C)C(O)C1O. The second-order valence-electron chi connectivity index (χ2n) is 13.3. The van der Waals surface area contributed by atoms with Crippen LogP contribution in [0.1, 0.15) is 20.8 Å². The van der Waals surface area contributed by atoms with Crippen LogP contribution >= 0.6 is 0 Å². The van der Waals surface area contributed by atoms with Crippen molar-refractivity contribution >= 4 is 11.8 Å². The highest BCUT2D eigenvalue weighted by molar-refractivity contribution is 5.81. The van der Waals surface area contributed by atoms with Gasteiger partial charge in [0.05, 0.1) is 25.4 Å². The Kier molecular flexibility index (Phi) is 18.4. The molecule has 4 aliphatic rings. The lowest BCUT2D eigenvalue weighted by Gasteiger charge is -2.46. The molecule has 14 unspecified atom stereocenters. The van der Waals surface area contributed by atoms with Gasteiger partial charge in [-0.05, 0) is 6.92 Å². The number of rotatable bonds is 13. The van der Waals surface area contributed by atoms with E-state index >= 15 is 0 Å². The van der Waals surface area contributed by atoms with E-state index in [-0.39, 0.29) is 0 Å². The number of esters is 1. The van der Waals surface area contributed by atoms with Crippen LogP contribution in [0.4, 0.5) is 0 Å². The first-order valence-corrected chi connectivity index (χ1v) is 17.3. The minimum atomic E-state index is -1.59. The van der Waals surface area contributed by atoms with E-state index in [4.69, 9.17) is 57.8 Å². The molecule has 20 atom stereocenters. The van der Waals surface area contributed by atoms with Crippen LogP contribution in [0.2, 0.25) is 0 Å². The summed E-state index contributed by atoms with van der Waals surface area (Å²) in [5.74, 6) is -2.40. The zero-order chi connectivity index (χ0) is 40.6. The molecule has 0 spiro atoms. The third-order valence-electron chi connectivity index (χ3n) is 9.85. The van der Waals surface area contributed by atoms with Crippen LogP contribution in [0.5, 0.6) is 0 Å². The number of Topliss-reactive ketones (excluding diaryl/α,β-unsaturated/α-hetero) is 1. The summed E-state index contributed by atoms with van der Waals surface area (Å²) in [5, 5.41) is 80.4. The van der Waals surface area contributed by atoms with E-state index in [0.717, 1.165) is 0 Å². The van der Waals surface area contributed by atoms with Gasteiger partial charge in [0.1, 0.15) is 73.9 Å². The Morgan fingerprint density at radius 1 is 0.556 bits per heavy atom. The lowest BCUT2D eigenvalue weighted by molar-refractivity contribution is -0.345. The predicted molar refractivity (Wildman–Crippen MR) is 174 cm³/mol. The summed E-state index contributed by atoms with van der Waals surface area (Å²) >= 11 is 0. The molecule has 4 aliphatic heterocycles. The molecule has 0 radical (unpaired) electrons. The topological polar surface area (TPSA) is 324 Å². The molecular formula is C32H57NO21. The van der Waals surface area contributed by atoms with Crippen molar-refractivity contribution in [1.29, 1.82) is 0 Å². The number of ketones is 1. The molecule has 10 N–H and O–H groups in total. The number of nitrogens with two attached hydrogens (primary N) is 1. The van der Waals surface area contributed by atoms with E-state index in [2.05, 4.69) is 0 Å². The Bertz CT molecular complexity index is 1160. The summed E-state index contributed by atoms with van der Waals surface area (Å²) in [4.78, 5) is 24.2. The number of hydrogen-bond donors (Lipinski definition) is 9. The lowest BCUT2D eigenvalue weighted by Crippen LogP contribution is -2.64. The van der Waals surface area contributed by atoms with Crippen molar-refractivity contribution in [3.05, 3.63) is 0 Å². The van der Waals surface area contributed by atoms with E-state index in [9.17, 15) is 50.4 Å². The zero-order valence-corrected chi connectivity index (χ0v) is 31.1. The zero-order valence-electron chi connectivity index (χ0n) is 31.1. The number of carbonyl (C=O) groups is 2. The summed E-state index contributed by atoms with van der Waals surface area (Å²) in [6, 6.07) is 0. The largest absolute Gasteiger partial charge is 0.448 e. The van der Waals surface area contributed by atoms with E-state index in [1.165, 1.54) is 35.4 Å². The average Bonchev–Trinajstić information content (AvgIpc) is 3.15. The van der Waals surface area contributed by atoms with E-state index in [1.54, 1.807) is 13.8 Å². The van der Waals surface area contributed by atoms with Crippen LogP contribution in [0.25, 0.3) is 0 Å². The Morgan fingerprint density at radius 3 is 1.28 bits per heavy atom. The van der Waals surface area contributed by atoms with Crippen molar-refractivity contribution in [3.8, 4) is 0 Å². The van der Waals surface area contributed by atoms with Crippen molar-refractivity contribution < 1.29 is 103 Å². The molecule has 0 amide bonds. The van der Waals surface area contributed by atoms with Crippen molar-refractivity contribution in [2.24, 2.45) is 17.6 Å². The molecule has 316 valence electrons. The number of aliphatic hydroxyl groups is 8. The molecule has 22 heteroatoms. The number of ether oxygens (including phenoxy) is 11. The molecular weight excluding hydrogens is 734 g/mol. The molecule has 0 saturated carbocycles. The minimum absolute atomic E-state index is 0.423. The Morgan fingerprint density at radius 2 is 0.944 bits per heavy atom. The van der Waals surface area contributed by atoms with Crippen molar-refractivity contribution in [1.82, 2.24) is 0 Å². The summed E-state index contributed by atoms with van der Waals surface area (Å²) in [7, 11) is 5.30. The van der Waals surface area contributed by atoms with Crippen LogP contribution in [0.3, 0.4) is 0 Å². The normalized spacial score (nSPS) is 45.6. The maximum Gasteiger partial charge on any atom is 0.339 e. The van der Waals surface area contributed by atoms with Gasteiger partial charge < -0.3 is 93.0 Å². The van der Waals surface area contributed by atoms with E-state index in [1.807, 2.05) is 0 Å². The number of aliphatic hydroxyl groups excluding tert-OH is 8. The quantitative estimate of drug-likeness (QED) is 0.0620. The van der Waals surface area contributed by atoms with Gasteiger partial charge in [0.15, 0.2) is 37.0 Å². The van der Waals surface area contributed by atoms with Crippen LogP contribution in [-0.4, -0.2) is 212 Å². The van der Waals surface area contributed by atoms with Crippen LogP contribution in [0, 0.1) is 11.8 Å². The monoisotopic (exact) mass is 791 g/mol. The molecule has 0 aliphatic carbocycles. The average molecular weight is 792 g/mol. The van der Waals surface area contributed by atoms with Gasteiger partial charge in [0.2, 0.25) is 0 Å². The first kappa shape index (κ1) is 46.8. The van der Waals surface area contributed by atoms with Gasteiger partial charge in [-0.3, -0.25) is 10.5 Å². The second kappa shape index (κ2) is 21.2. The number of methoxy groups -OCH3 is 4. The summed E-state index contributed by atoms with van der Waals surface area (Å²) in [6.07, 6.45) is -21.5. The smallest absolute Gasteiger partial charge is 0.339 e. The number of hydrogen-bond acceptors (Lipinski definition) is 22. The fourth-order valence-electron chi connectivity index (χ4n) is 6.79. The molecule has 22 nitrogen and oxygen atoms in total. The first-order chi connectivity index (χ1) is 25.6. The molecule has 54 heavy (non-hydrogen) atoms. The highest BCUT2D eigenvalue weighted by Gasteiger charge is 2.54. The van der Waals surface area contributed by atoms with E-state index < -0.39 is 154 Å². The maximum atomic E-state index is 12.2. The fraction of sp³-hybridized carbons (Fsp3) is 0.938. The molecule has 4 saturated heterocycles. The van der Waals surface area contributed by atoms with Crippen molar-refractivity contribution in [2.45, 2.75) is 131 Å². The molecule has 0 bridgehead atoms. The summed E-state index contributed by atoms with van der Waals surface area (Å²) in [6.45, 7) is 3.21. The molecule has 0 aromatic carbocycles. The van der Waals surface area contributed by atoms with Crippen LogP contribution in [-0.2, 0) is 61.7 Å². The van der Waals surface area contributed by atoms with Gasteiger partial charge >= 0.3 is 5.97 Å². The number of carbonyl (C=O) groups excluding carboxylic acids is 2. The highest BCUT2D eigenvalue weighted by Crippen LogP contribution is 2.35.